The average Bonchev–Trinajstić information content (AvgIpc) is 2.15. The zero-order chi connectivity index (χ0) is 9.68. The second-order valence-corrected chi connectivity index (χ2v) is 3.29. The molecule has 0 aliphatic heterocycles. The van der Waals surface area contributed by atoms with Gasteiger partial charge in [0.2, 0.25) is 0 Å². The lowest BCUT2D eigenvalue weighted by Crippen LogP contribution is -2.04. The Kier molecular flexibility index (Phi) is 3.29. The van der Waals surface area contributed by atoms with Gasteiger partial charge in [0.05, 0.1) is 0 Å². The van der Waals surface area contributed by atoms with E-state index in [1.807, 2.05) is 12.1 Å². The molecule has 13 heavy (non-hydrogen) atoms. The third-order valence-corrected chi connectivity index (χ3v) is 2.15. The van der Waals surface area contributed by atoms with Crippen LogP contribution in [-0.4, -0.2) is 10.2 Å². The first-order valence-electron chi connectivity index (χ1n) is 3.55. The summed E-state index contributed by atoms with van der Waals surface area (Å²) >= 11 is 1.18. The normalized spacial score (nSPS) is 9.15. The minimum absolute atomic E-state index is 0.0488. The van der Waals surface area contributed by atoms with Gasteiger partial charge >= 0.3 is 0 Å². The lowest BCUT2D eigenvalue weighted by Gasteiger charge is -2.00. The number of nitriles is 1. The Balaban J connectivity index is 2.77. The van der Waals surface area contributed by atoms with Crippen LogP contribution in [0.1, 0.15) is 11.3 Å². The summed E-state index contributed by atoms with van der Waals surface area (Å²) < 4.78 is 0. The van der Waals surface area contributed by atoms with Gasteiger partial charge in [0.1, 0.15) is 11.8 Å². The Morgan fingerprint density at radius 1 is 1.77 bits per heavy atom. The first-order valence-corrected chi connectivity index (χ1v) is 4.53. The highest BCUT2D eigenvalue weighted by molar-refractivity contribution is 8.13. The molecular weight excluding hydrogens is 184 g/mol. The molecule has 5 heteroatoms. The molecule has 0 radical (unpaired) electrons. The predicted molar refractivity (Wildman–Crippen MR) is 52.2 cm³/mol. The van der Waals surface area contributed by atoms with Crippen LogP contribution in [0.3, 0.4) is 0 Å². The van der Waals surface area contributed by atoms with E-state index in [9.17, 15) is 0 Å². The summed E-state index contributed by atoms with van der Waals surface area (Å²) in [6, 6.07) is 5.55. The summed E-state index contributed by atoms with van der Waals surface area (Å²) in [4.78, 5) is 3.89. The number of rotatable bonds is 2. The van der Waals surface area contributed by atoms with Crippen LogP contribution in [0.25, 0.3) is 0 Å². The van der Waals surface area contributed by atoms with E-state index in [1.54, 1.807) is 12.3 Å². The molecule has 4 nitrogen and oxygen atoms in total. The first kappa shape index (κ1) is 9.55. The van der Waals surface area contributed by atoms with Crippen molar-refractivity contribution in [2.45, 2.75) is 5.75 Å². The Labute approximate surface area is 80.3 Å². The number of nitrogens with one attached hydrogen (secondary N) is 1. The number of hydrogen-bond donors (Lipinski definition) is 2. The third kappa shape index (κ3) is 2.76. The molecule has 0 atom stereocenters. The fourth-order valence-corrected chi connectivity index (χ4v) is 1.36. The standard InChI is InChI=1S/C8H8N4S/c9-4-7-6(2-1-3-12-7)5-13-8(10)11/h1-3H,5H2,(H3,10,11). The van der Waals surface area contributed by atoms with E-state index in [2.05, 4.69) is 4.98 Å². The lowest BCUT2D eigenvalue weighted by molar-refractivity contribution is 1.20. The number of pyridine rings is 1. The van der Waals surface area contributed by atoms with E-state index in [4.69, 9.17) is 16.4 Å². The zero-order valence-corrected chi connectivity index (χ0v) is 7.64. The van der Waals surface area contributed by atoms with Crippen molar-refractivity contribution >= 4 is 16.9 Å². The molecule has 0 aliphatic carbocycles. The van der Waals surface area contributed by atoms with Crippen molar-refractivity contribution in [1.82, 2.24) is 4.98 Å². The van der Waals surface area contributed by atoms with Crippen LogP contribution in [0, 0.1) is 16.7 Å². The van der Waals surface area contributed by atoms with Crippen LogP contribution in [0.2, 0.25) is 0 Å². The number of amidine groups is 1. The molecule has 0 bridgehead atoms. The minimum atomic E-state index is 0.0488. The lowest BCUT2D eigenvalue weighted by atomic mass is 10.2. The topological polar surface area (TPSA) is 86.5 Å². The summed E-state index contributed by atoms with van der Waals surface area (Å²) in [5.74, 6) is 0.520. The Hall–Kier alpha value is -1.54. The van der Waals surface area contributed by atoms with E-state index in [-0.39, 0.29) is 5.17 Å². The highest BCUT2D eigenvalue weighted by atomic mass is 32.2. The maximum absolute atomic E-state index is 8.68. The second kappa shape index (κ2) is 4.48. The van der Waals surface area contributed by atoms with Crippen LogP contribution in [0.4, 0.5) is 0 Å². The summed E-state index contributed by atoms with van der Waals surface area (Å²) in [6.45, 7) is 0. The fraction of sp³-hybridized carbons (Fsp3) is 0.125. The smallest absolute Gasteiger partial charge is 0.151 e. The summed E-state index contributed by atoms with van der Waals surface area (Å²) in [5, 5.41) is 15.7. The van der Waals surface area contributed by atoms with Crippen molar-refractivity contribution < 1.29 is 0 Å². The van der Waals surface area contributed by atoms with Gasteiger partial charge in [-0.1, -0.05) is 17.8 Å². The molecule has 0 amide bonds. The van der Waals surface area contributed by atoms with Gasteiger partial charge in [0.15, 0.2) is 5.17 Å². The van der Waals surface area contributed by atoms with E-state index in [1.165, 1.54) is 11.8 Å². The van der Waals surface area contributed by atoms with Gasteiger partial charge in [-0.25, -0.2) is 4.98 Å². The highest BCUT2D eigenvalue weighted by Crippen LogP contribution is 2.13. The van der Waals surface area contributed by atoms with Crippen molar-refractivity contribution in [2.24, 2.45) is 5.73 Å². The molecule has 3 N–H and O–H groups in total. The predicted octanol–water partition coefficient (Wildman–Crippen LogP) is 1.08. The number of thioether (sulfide) groups is 1. The zero-order valence-electron chi connectivity index (χ0n) is 6.82. The number of nitrogens with zero attached hydrogens (tertiary/aromatic N) is 2. The Morgan fingerprint density at radius 2 is 2.54 bits per heavy atom. The van der Waals surface area contributed by atoms with Gasteiger partial charge in [-0.3, -0.25) is 5.41 Å². The van der Waals surface area contributed by atoms with Crippen LogP contribution in [0.15, 0.2) is 18.3 Å². The summed E-state index contributed by atoms with van der Waals surface area (Å²) in [7, 11) is 0. The van der Waals surface area contributed by atoms with Gasteiger partial charge in [-0.2, -0.15) is 5.26 Å². The monoisotopic (exact) mass is 192 g/mol. The maximum Gasteiger partial charge on any atom is 0.151 e. The maximum atomic E-state index is 8.68. The average molecular weight is 192 g/mol. The molecule has 0 saturated heterocycles. The largest absolute Gasteiger partial charge is 0.379 e. The molecule has 0 spiro atoms. The van der Waals surface area contributed by atoms with Crippen molar-refractivity contribution in [3.63, 3.8) is 0 Å². The Bertz CT molecular complexity index is 355. The molecule has 1 heterocycles. The number of aromatic nitrogens is 1. The quantitative estimate of drug-likeness (QED) is 0.542. The molecule has 66 valence electrons. The molecule has 0 fully saturated rings. The van der Waals surface area contributed by atoms with Crippen molar-refractivity contribution in [3.05, 3.63) is 29.6 Å². The summed E-state index contributed by atoms with van der Waals surface area (Å²) in [6.07, 6.45) is 1.57. The molecule has 1 rings (SSSR count). The van der Waals surface area contributed by atoms with Crippen molar-refractivity contribution in [3.8, 4) is 6.07 Å². The van der Waals surface area contributed by atoms with Crippen LogP contribution in [0.5, 0.6) is 0 Å². The first-order chi connectivity index (χ1) is 6.24. The third-order valence-electron chi connectivity index (χ3n) is 1.38. The fourth-order valence-electron chi connectivity index (χ4n) is 0.811. The SMILES string of the molecule is N#Cc1ncccc1CSC(=N)N. The van der Waals surface area contributed by atoms with E-state index < -0.39 is 0 Å². The molecule has 0 aromatic carbocycles. The van der Waals surface area contributed by atoms with Gasteiger partial charge in [-0.05, 0) is 11.6 Å². The van der Waals surface area contributed by atoms with E-state index in [0.29, 0.717) is 11.4 Å². The molecular formula is C8H8N4S. The van der Waals surface area contributed by atoms with Crippen LogP contribution < -0.4 is 5.73 Å². The molecule has 0 aliphatic rings. The van der Waals surface area contributed by atoms with E-state index in [0.717, 1.165) is 5.56 Å². The van der Waals surface area contributed by atoms with Gasteiger partial charge in [-0.15, -0.1) is 0 Å². The van der Waals surface area contributed by atoms with Gasteiger partial charge in [0.25, 0.3) is 0 Å². The minimum Gasteiger partial charge on any atom is -0.379 e. The van der Waals surface area contributed by atoms with Crippen molar-refractivity contribution in [2.75, 3.05) is 0 Å². The number of nitrogens with two attached hydrogens (primary N) is 1. The summed E-state index contributed by atoms with van der Waals surface area (Å²) in [5.41, 5.74) is 6.38. The van der Waals surface area contributed by atoms with Gasteiger partial charge < -0.3 is 5.73 Å². The van der Waals surface area contributed by atoms with Crippen LogP contribution in [-0.2, 0) is 5.75 Å². The molecule has 0 saturated carbocycles. The number of hydrogen-bond acceptors (Lipinski definition) is 4. The van der Waals surface area contributed by atoms with Crippen molar-refractivity contribution in [1.29, 1.82) is 10.7 Å². The van der Waals surface area contributed by atoms with Gasteiger partial charge in [0, 0.05) is 11.9 Å². The Morgan fingerprint density at radius 3 is 3.15 bits per heavy atom. The second-order valence-electron chi connectivity index (χ2n) is 2.28. The van der Waals surface area contributed by atoms with E-state index >= 15 is 0 Å². The molecule has 1 aromatic rings. The molecule has 1 aromatic heterocycles. The highest BCUT2D eigenvalue weighted by Gasteiger charge is 2.02. The van der Waals surface area contributed by atoms with Crippen LogP contribution >= 0.6 is 11.8 Å². The molecule has 0 unspecified atom stereocenters.